The number of nitrogens with one attached hydrogen (secondary N) is 1. The van der Waals surface area contributed by atoms with Crippen LogP contribution in [-0.4, -0.2) is 17.6 Å². The maximum Gasteiger partial charge on any atom is 0.222 e. The summed E-state index contributed by atoms with van der Waals surface area (Å²) < 4.78 is 0. The van der Waals surface area contributed by atoms with Gasteiger partial charge in [-0.05, 0) is 11.4 Å². The van der Waals surface area contributed by atoms with E-state index in [1.165, 1.54) is 0 Å². The van der Waals surface area contributed by atoms with E-state index < -0.39 is 0 Å². The van der Waals surface area contributed by atoms with Gasteiger partial charge in [-0.2, -0.15) is 0 Å². The Hall–Kier alpha value is -0.870. The monoisotopic (exact) mass is 185 g/mol. The van der Waals surface area contributed by atoms with Gasteiger partial charge in [-0.15, -0.1) is 11.3 Å². The number of aliphatic hydroxyl groups is 1. The second kappa shape index (κ2) is 4.90. The summed E-state index contributed by atoms with van der Waals surface area (Å²) >= 11 is 1.61. The Balaban J connectivity index is 2.22. The zero-order chi connectivity index (χ0) is 8.81. The van der Waals surface area contributed by atoms with E-state index in [-0.39, 0.29) is 18.9 Å². The molecule has 0 atom stereocenters. The van der Waals surface area contributed by atoms with Crippen molar-refractivity contribution in [2.75, 3.05) is 6.61 Å². The molecule has 66 valence electrons. The number of hydrogen-bond acceptors (Lipinski definition) is 3. The van der Waals surface area contributed by atoms with Crippen molar-refractivity contribution in [1.29, 1.82) is 0 Å². The highest BCUT2D eigenvalue weighted by molar-refractivity contribution is 7.09. The van der Waals surface area contributed by atoms with Crippen LogP contribution in [0.2, 0.25) is 0 Å². The minimum Gasteiger partial charge on any atom is -0.396 e. The first-order valence-corrected chi connectivity index (χ1v) is 4.61. The van der Waals surface area contributed by atoms with Crippen LogP contribution in [0.3, 0.4) is 0 Å². The number of aliphatic hydroxyl groups excluding tert-OH is 1. The van der Waals surface area contributed by atoms with Crippen molar-refractivity contribution in [3.63, 3.8) is 0 Å². The molecule has 0 fully saturated rings. The van der Waals surface area contributed by atoms with E-state index in [0.717, 1.165) is 4.88 Å². The Bertz CT molecular complexity index is 233. The number of amides is 1. The number of rotatable bonds is 4. The normalized spacial score (nSPS) is 9.75. The first kappa shape index (κ1) is 9.22. The van der Waals surface area contributed by atoms with E-state index in [9.17, 15) is 4.79 Å². The topological polar surface area (TPSA) is 49.3 Å². The molecule has 1 heterocycles. The summed E-state index contributed by atoms with van der Waals surface area (Å²) in [6, 6.07) is 3.90. The average Bonchev–Trinajstić information content (AvgIpc) is 2.53. The maximum atomic E-state index is 10.9. The Morgan fingerprint density at radius 1 is 1.67 bits per heavy atom. The van der Waals surface area contributed by atoms with Crippen LogP contribution in [0.1, 0.15) is 11.3 Å². The van der Waals surface area contributed by atoms with E-state index in [2.05, 4.69) is 5.32 Å². The largest absolute Gasteiger partial charge is 0.396 e. The lowest BCUT2D eigenvalue weighted by Gasteiger charge is -2.00. The zero-order valence-corrected chi connectivity index (χ0v) is 7.43. The van der Waals surface area contributed by atoms with Crippen molar-refractivity contribution < 1.29 is 9.90 Å². The van der Waals surface area contributed by atoms with Crippen LogP contribution in [0.25, 0.3) is 0 Å². The third-order valence-corrected chi connectivity index (χ3v) is 2.26. The fourth-order valence-electron chi connectivity index (χ4n) is 0.789. The molecule has 3 nitrogen and oxygen atoms in total. The summed E-state index contributed by atoms with van der Waals surface area (Å²) in [5.41, 5.74) is 0. The van der Waals surface area contributed by atoms with Gasteiger partial charge in [0.05, 0.1) is 13.2 Å². The molecule has 0 saturated heterocycles. The molecule has 0 aliphatic rings. The molecule has 0 aliphatic heterocycles. The first-order valence-electron chi connectivity index (χ1n) is 3.73. The standard InChI is InChI=1S/C8H11NO2S/c10-4-3-8(11)9-6-7-2-1-5-12-7/h1-2,5,10H,3-4,6H2,(H,9,11). The predicted molar refractivity (Wildman–Crippen MR) is 47.9 cm³/mol. The van der Waals surface area contributed by atoms with Gasteiger partial charge in [-0.25, -0.2) is 0 Å². The molecular formula is C8H11NO2S. The van der Waals surface area contributed by atoms with E-state index >= 15 is 0 Å². The third-order valence-electron chi connectivity index (χ3n) is 1.38. The summed E-state index contributed by atoms with van der Waals surface area (Å²) in [7, 11) is 0. The fourth-order valence-corrected chi connectivity index (χ4v) is 1.43. The first-order chi connectivity index (χ1) is 5.83. The summed E-state index contributed by atoms with van der Waals surface area (Å²) in [6.07, 6.45) is 0.186. The van der Waals surface area contributed by atoms with Crippen molar-refractivity contribution in [2.45, 2.75) is 13.0 Å². The molecule has 4 heteroatoms. The summed E-state index contributed by atoms with van der Waals surface area (Å²) in [6.45, 7) is 0.479. The summed E-state index contributed by atoms with van der Waals surface area (Å²) in [4.78, 5) is 12.0. The summed E-state index contributed by atoms with van der Waals surface area (Å²) in [5.74, 6) is -0.106. The molecule has 0 radical (unpaired) electrons. The van der Waals surface area contributed by atoms with E-state index in [1.54, 1.807) is 11.3 Å². The van der Waals surface area contributed by atoms with Gasteiger partial charge in [-0.1, -0.05) is 6.07 Å². The van der Waals surface area contributed by atoms with Gasteiger partial charge in [-0.3, -0.25) is 4.79 Å². The van der Waals surface area contributed by atoms with Crippen molar-refractivity contribution >= 4 is 17.2 Å². The van der Waals surface area contributed by atoms with Crippen LogP contribution in [-0.2, 0) is 11.3 Å². The number of thiophene rings is 1. The van der Waals surface area contributed by atoms with Crippen LogP contribution in [0.15, 0.2) is 17.5 Å². The van der Waals surface area contributed by atoms with Crippen LogP contribution in [0.4, 0.5) is 0 Å². The predicted octanol–water partition coefficient (Wildman–Crippen LogP) is 0.747. The molecule has 2 N–H and O–H groups in total. The van der Waals surface area contributed by atoms with Gasteiger partial charge in [0.2, 0.25) is 5.91 Å². The molecule has 0 spiro atoms. The minimum atomic E-state index is -0.106. The number of hydrogen-bond donors (Lipinski definition) is 2. The van der Waals surface area contributed by atoms with E-state index in [0.29, 0.717) is 6.54 Å². The molecule has 1 rings (SSSR count). The Labute approximate surface area is 75.0 Å². The lowest BCUT2D eigenvalue weighted by Crippen LogP contribution is -2.22. The second-order valence-electron chi connectivity index (χ2n) is 2.33. The molecule has 0 unspecified atom stereocenters. The van der Waals surface area contributed by atoms with Crippen LogP contribution in [0, 0.1) is 0 Å². The highest BCUT2D eigenvalue weighted by atomic mass is 32.1. The fraction of sp³-hybridized carbons (Fsp3) is 0.375. The minimum absolute atomic E-state index is 0.0870. The summed E-state index contributed by atoms with van der Waals surface area (Å²) in [5, 5.41) is 13.1. The van der Waals surface area contributed by atoms with Gasteiger partial charge in [0.25, 0.3) is 0 Å². The average molecular weight is 185 g/mol. The second-order valence-corrected chi connectivity index (χ2v) is 3.36. The van der Waals surface area contributed by atoms with Crippen LogP contribution >= 0.6 is 11.3 Å². The van der Waals surface area contributed by atoms with Gasteiger partial charge >= 0.3 is 0 Å². The molecule has 1 aromatic heterocycles. The molecule has 12 heavy (non-hydrogen) atoms. The smallest absolute Gasteiger partial charge is 0.222 e. The Morgan fingerprint density at radius 3 is 3.08 bits per heavy atom. The lowest BCUT2D eigenvalue weighted by molar-refractivity contribution is -0.121. The Kier molecular flexibility index (Phi) is 3.76. The van der Waals surface area contributed by atoms with Crippen molar-refractivity contribution in [1.82, 2.24) is 5.32 Å². The quantitative estimate of drug-likeness (QED) is 0.727. The third kappa shape index (κ3) is 3.02. The molecule has 1 amide bonds. The van der Waals surface area contributed by atoms with Gasteiger partial charge < -0.3 is 10.4 Å². The molecule has 0 bridgehead atoms. The highest BCUT2D eigenvalue weighted by Gasteiger charge is 1.99. The van der Waals surface area contributed by atoms with Gasteiger partial charge in [0.1, 0.15) is 0 Å². The Morgan fingerprint density at radius 2 is 2.50 bits per heavy atom. The molecular weight excluding hydrogens is 174 g/mol. The van der Waals surface area contributed by atoms with E-state index in [1.807, 2.05) is 17.5 Å². The van der Waals surface area contributed by atoms with Crippen molar-refractivity contribution in [2.24, 2.45) is 0 Å². The molecule has 0 saturated carbocycles. The molecule has 0 aromatic carbocycles. The highest BCUT2D eigenvalue weighted by Crippen LogP contribution is 2.07. The number of carbonyl (C=O) groups excluding carboxylic acids is 1. The van der Waals surface area contributed by atoms with E-state index in [4.69, 9.17) is 5.11 Å². The zero-order valence-electron chi connectivity index (χ0n) is 6.62. The van der Waals surface area contributed by atoms with Gasteiger partial charge in [0, 0.05) is 11.3 Å². The van der Waals surface area contributed by atoms with Crippen molar-refractivity contribution in [3.05, 3.63) is 22.4 Å². The maximum absolute atomic E-state index is 10.9. The van der Waals surface area contributed by atoms with Crippen LogP contribution < -0.4 is 5.32 Å². The molecule has 1 aromatic rings. The number of carbonyl (C=O) groups is 1. The SMILES string of the molecule is O=C(CCO)NCc1cccs1. The van der Waals surface area contributed by atoms with Crippen LogP contribution in [0.5, 0.6) is 0 Å². The van der Waals surface area contributed by atoms with Crippen molar-refractivity contribution in [3.8, 4) is 0 Å². The molecule has 0 aliphatic carbocycles. The van der Waals surface area contributed by atoms with Gasteiger partial charge in [0.15, 0.2) is 0 Å². The lowest BCUT2D eigenvalue weighted by atomic mass is 10.4.